The number of amides is 2. The second-order valence-corrected chi connectivity index (χ2v) is 7.21. The van der Waals surface area contributed by atoms with Crippen molar-refractivity contribution in [1.82, 2.24) is 0 Å². The summed E-state index contributed by atoms with van der Waals surface area (Å²) in [6.45, 7) is 1.10. The summed E-state index contributed by atoms with van der Waals surface area (Å²) < 4.78 is 18.4. The van der Waals surface area contributed by atoms with Crippen LogP contribution in [0.2, 0.25) is 0 Å². The Bertz CT molecular complexity index is 903. The van der Waals surface area contributed by atoms with Gasteiger partial charge in [-0.2, -0.15) is 0 Å². The van der Waals surface area contributed by atoms with Gasteiger partial charge >= 0.3 is 5.97 Å². The number of para-hydroxylation sites is 1. The Hall–Kier alpha value is -2.87. The highest BCUT2D eigenvalue weighted by Gasteiger charge is 2.29. The number of thioether (sulfide) groups is 1. The average molecular weight is 388 g/mol. The number of benzene rings is 2. The number of rotatable bonds is 5. The highest BCUT2D eigenvalue weighted by molar-refractivity contribution is 8.01. The third-order valence-electron chi connectivity index (χ3n) is 3.88. The van der Waals surface area contributed by atoms with Crippen LogP contribution in [0.3, 0.4) is 0 Å². The molecule has 0 aliphatic carbocycles. The maximum Gasteiger partial charge on any atom is 0.307 e. The zero-order valence-electron chi connectivity index (χ0n) is 14.5. The highest BCUT2D eigenvalue weighted by Crippen LogP contribution is 2.36. The molecule has 0 aromatic heterocycles. The van der Waals surface area contributed by atoms with E-state index in [1.807, 2.05) is 18.2 Å². The third-order valence-corrected chi connectivity index (χ3v) is 5.15. The zero-order chi connectivity index (χ0) is 19.4. The number of halogens is 1. The van der Waals surface area contributed by atoms with Gasteiger partial charge in [-0.25, -0.2) is 4.39 Å². The van der Waals surface area contributed by atoms with Crippen molar-refractivity contribution >= 4 is 40.9 Å². The van der Waals surface area contributed by atoms with Crippen molar-refractivity contribution in [2.75, 3.05) is 17.2 Å². The summed E-state index contributed by atoms with van der Waals surface area (Å²) in [4.78, 5) is 36.8. The molecular weight excluding hydrogens is 371 g/mol. The molecule has 1 atom stereocenters. The highest BCUT2D eigenvalue weighted by atomic mass is 32.2. The summed E-state index contributed by atoms with van der Waals surface area (Å²) >= 11 is 1.28. The fraction of sp³-hybridized carbons (Fsp3) is 0.211. The number of anilines is 2. The van der Waals surface area contributed by atoms with E-state index in [0.717, 1.165) is 4.90 Å². The number of hydrogen-bond acceptors (Lipinski definition) is 5. The Balaban J connectivity index is 1.49. The standard InChI is InChI=1S/C19H17FN2O4S/c1-11-6-7-12(8-13(11)20)21-17(23)10-26-18(24)9-16-19(25)22-14-4-2-3-5-15(14)27-16/h2-8,16H,9-10H2,1H3,(H,21,23)(H,22,25)/t16-/m1/s1. The van der Waals surface area contributed by atoms with Gasteiger partial charge < -0.3 is 15.4 Å². The van der Waals surface area contributed by atoms with Crippen molar-refractivity contribution in [2.24, 2.45) is 0 Å². The van der Waals surface area contributed by atoms with Crippen LogP contribution in [0.5, 0.6) is 0 Å². The fourth-order valence-corrected chi connectivity index (χ4v) is 3.55. The van der Waals surface area contributed by atoms with Crippen molar-refractivity contribution in [2.45, 2.75) is 23.5 Å². The van der Waals surface area contributed by atoms with Gasteiger partial charge in [-0.1, -0.05) is 18.2 Å². The molecule has 1 aliphatic rings. The van der Waals surface area contributed by atoms with Gasteiger partial charge in [0.2, 0.25) is 5.91 Å². The predicted octanol–water partition coefficient (Wildman–Crippen LogP) is 3.12. The lowest BCUT2D eigenvalue weighted by molar-refractivity contribution is -0.147. The van der Waals surface area contributed by atoms with Crippen LogP contribution in [0.25, 0.3) is 0 Å². The van der Waals surface area contributed by atoms with Crippen LogP contribution in [-0.2, 0) is 19.1 Å². The Kier molecular flexibility index (Phi) is 5.75. The van der Waals surface area contributed by atoms with E-state index in [0.29, 0.717) is 11.3 Å². The summed E-state index contributed by atoms with van der Waals surface area (Å²) in [7, 11) is 0. The van der Waals surface area contributed by atoms with E-state index in [-0.39, 0.29) is 18.0 Å². The predicted molar refractivity (Wildman–Crippen MR) is 100 cm³/mol. The zero-order valence-corrected chi connectivity index (χ0v) is 15.3. The lowest BCUT2D eigenvalue weighted by Crippen LogP contribution is -2.32. The molecule has 0 spiro atoms. The number of fused-ring (bicyclic) bond motifs is 1. The molecule has 1 aliphatic heterocycles. The number of carbonyl (C=O) groups excluding carboxylic acids is 3. The van der Waals surface area contributed by atoms with Crippen molar-refractivity contribution in [3.63, 3.8) is 0 Å². The van der Waals surface area contributed by atoms with Crippen LogP contribution < -0.4 is 10.6 Å². The minimum Gasteiger partial charge on any atom is -0.456 e. The van der Waals surface area contributed by atoms with E-state index < -0.39 is 29.6 Å². The molecule has 0 bridgehead atoms. The van der Waals surface area contributed by atoms with Crippen LogP contribution in [-0.4, -0.2) is 29.6 Å². The molecule has 0 saturated carbocycles. The smallest absolute Gasteiger partial charge is 0.307 e. The summed E-state index contributed by atoms with van der Waals surface area (Å²) in [6.07, 6.45) is -0.155. The molecule has 0 radical (unpaired) electrons. The van der Waals surface area contributed by atoms with Crippen molar-refractivity contribution < 1.29 is 23.5 Å². The molecule has 0 fully saturated rings. The molecule has 2 amide bonds. The molecule has 27 heavy (non-hydrogen) atoms. The lowest BCUT2D eigenvalue weighted by atomic mass is 10.2. The number of aryl methyl sites for hydroxylation is 1. The number of hydrogen-bond donors (Lipinski definition) is 2. The summed E-state index contributed by atoms with van der Waals surface area (Å²) in [5.41, 5.74) is 1.45. The monoisotopic (exact) mass is 388 g/mol. The molecule has 1 heterocycles. The number of nitrogens with one attached hydrogen (secondary N) is 2. The van der Waals surface area contributed by atoms with Crippen molar-refractivity contribution in [1.29, 1.82) is 0 Å². The van der Waals surface area contributed by atoms with Crippen LogP contribution in [0, 0.1) is 12.7 Å². The van der Waals surface area contributed by atoms with Gasteiger partial charge in [0.05, 0.1) is 17.4 Å². The Morgan fingerprint density at radius 3 is 2.81 bits per heavy atom. The molecular formula is C19H17FN2O4S. The average Bonchev–Trinajstić information content (AvgIpc) is 2.64. The van der Waals surface area contributed by atoms with Gasteiger partial charge in [-0.05, 0) is 36.8 Å². The number of carbonyl (C=O) groups is 3. The normalized spacial score (nSPS) is 15.5. The summed E-state index contributed by atoms with van der Waals surface area (Å²) in [5.74, 6) is -1.97. The summed E-state index contributed by atoms with van der Waals surface area (Å²) in [5, 5.41) is 4.57. The van der Waals surface area contributed by atoms with Gasteiger partial charge in [-0.15, -0.1) is 11.8 Å². The van der Waals surface area contributed by atoms with E-state index in [9.17, 15) is 18.8 Å². The molecule has 2 aromatic carbocycles. The van der Waals surface area contributed by atoms with E-state index in [1.165, 1.54) is 23.9 Å². The fourth-order valence-electron chi connectivity index (χ4n) is 2.45. The Morgan fingerprint density at radius 1 is 1.26 bits per heavy atom. The minimum atomic E-state index is -0.660. The van der Waals surface area contributed by atoms with Crippen LogP contribution in [0.1, 0.15) is 12.0 Å². The topological polar surface area (TPSA) is 84.5 Å². The second-order valence-electron chi connectivity index (χ2n) is 5.97. The second kappa shape index (κ2) is 8.22. The largest absolute Gasteiger partial charge is 0.456 e. The SMILES string of the molecule is Cc1ccc(NC(=O)COC(=O)C[C@H]2Sc3ccccc3NC2=O)cc1F. The lowest BCUT2D eigenvalue weighted by Gasteiger charge is -2.23. The van der Waals surface area contributed by atoms with Crippen LogP contribution >= 0.6 is 11.8 Å². The molecule has 0 saturated heterocycles. The minimum absolute atomic E-state index is 0.155. The Morgan fingerprint density at radius 2 is 2.04 bits per heavy atom. The molecule has 2 aromatic rings. The van der Waals surface area contributed by atoms with E-state index >= 15 is 0 Å². The maximum absolute atomic E-state index is 13.5. The maximum atomic E-state index is 13.5. The molecule has 2 N–H and O–H groups in total. The van der Waals surface area contributed by atoms with Gasteiger partial charge in [0.25, 0.3) is 5.91 Å². The van der Waals surface area contributed by atoms with E-state index in [2.05, 4.69) is 10.6 Å². The van der Waals surface area contributed by atoms with E-state index in [4.69, 9.17) is 4.74 Å². The molecule has 3 rings (SSSR count). The van der Waals surface area contributed by atoms with Gasteiger partial charge in [0.1, 0.15) is 5.82 Å². The molecule has 140 valence electrons. The first-order valence-corrected chi connectivity index (χ1v) is 9.08. The van der Waals surface area contributed by atoms with Crippen molar-refractivity contribution in [3.05, 3.63) is 53.8 Å². The van der Waals surface area contributed by atoms with Crippen LogP contribution in [0.4, 0.5) is 15.8 Å². The number of ether oxygens (including phenoxy) is 1. The molecule has 6 nitrogen and oxygen atoms in total. The van der Waals surface area contributed by atoms with Crippen molar-refractivity contribution in [3.8, 4) is 0 Å². The van der Waals surface area contributed by atoms with Gasteiger partial charge in [-0.3, -0.25) is 14.4 Å². The summed E-state index contributed by atoms with van der Waals surface area (Å²) in [6, 6.07) is 11.6. The Labute approximate surface area is 159 Å². The first-order chi connectivity index (χ1) is 12.9. The van der Waals surface area contributed by atoms with Gasteiger partial charge in [0.15, 0.2) is 6.61 Å². The van der Waals surface area contributed by atoms with Gasteiger partial charge in [0, 0.05) is 10.6 Å². The quantitative estimate of drug-likeness (QED) is 0.769. The molecule has 0 unspecified atom stereocenters. The molecule has 8 heteroatoms. The first kappa shape index (κ1) is 18.9. The van der Waals surface area contributed by atoms with Crippen LogP contribution in [0.15, 0.2) is 47.4 Å². The van der Waals surface area contributed by atoms with E-state index in [1.54, 1.807) is 19.1 Å². The number of esters is 1. The third kappa shape index (κ3) is 4.85. The first-order valence-electron chi connectivity index (χ1n) is 8.20.